The lowest BCUT2D eigenvalue weighted by atomic mass is 10.2. The van der Waals surface area contributed by atoms with E-state index < -0.39 is 0 Å². The minimum atomic E-state index is 0.125. The summed E-state index contributed by atoms with van der Waals surface area (Å²) in [5.74, 6) is 1.07. The average Bonchev–Trinajstić information content (AvgIpc) is 2.32. The van der Waals surface area contributed by atoms with Gasteiger partial charge in [-0.1, -0.05) is 11.6 Å². The highest BCUT2D eigenvalue weighted by Crippen LogP contribution is 2.21. The third-order valence-corrected chi connectivity index (χ3v) is 3.98. The zero-order valence-electron chi connectivity index (χ0n) is 10.0. The van der Waals surface area contributed by atoms with E-state index in [0.29, 0.717) is 19.6 Å². The Morgan fingerprint density at radius 1 is 1.39 bits per heavy atom. The first kappa shape index (κ1) is 13.7. The van der Waals surface area contributed by atoms with Gasteiger partial charge in [0.2, 0.25) is 5.91 Å². The number of ether oxygens (including phenoxy) is 1. The molecule has 1 saturated heterocycles. The van der Waals surface area contributed by atoms with Gasteiger partial charge in [0, 0.05) is 16.3 Å². The van der Waals surface area contributed by atoms with Crippen LogP contribution in [0.5, 0.6) is 0 Å². The standard InChI is InChI=1S/C13H16ClNO2S/c14-10-3-5-12(6-4-10)18-7-1-2-13(16)15-11-8-17-9-11/h3-6,11H,1-2,7-9H2,(H,15,16). The van der Waals surface area contributed by atoms with Gasteiger partial charge < -0.3 is 10.1 Å². The Kier molecular flexibility index (Phi) is 5.35. The Morgan fingerprint density at radius 2 is 2.11 bits per heavy atom. The minimum absolute atomic E-state index is 0.125. The maximum atomic E-state index is 11.5. The van der Waals surface area contributed by atoms with Crippen molar-refractivity contribution in [3.63, 3.8) is 0 Å². The maximum Gasteiger partial charge on any atom is 0.220 e. The molecule has 2 rings (SSSR count). The molecule has 0 bridgehead atoms. The number of rotatable bonds is 6. The Balaban J connectivity index is 1.57. The van der Waals surface area contributed by atoms with E-state index in [0.717, 1.165) is 17.2 Å². The highest BCUT2D eigenvalue weighted by Gasteiger charge is 2.19. The molecule has 1 aliphatic rings. The summed E-state index contributed by atoms with van der Waals surface area (Å²) in [4.78, 5) is 12.7. The van der Waals surface area contributed by atoms with Crippen molar-refractivity contribution in [2.75, 3.05) is 19.0 Å². The van der Waals surface area contributed by atoms with Crippen LogP contribution in [0, 0.1) is 0 Å². The van der Waals surface area contributed by atoms with Crippen LogP contribution in [0.15, 0.2) is 29.2 Å². The first-order valence-corrected chi connectivity index (χ1v) is 7.36. The van der Waals surface area contributed by atoms with Crippen LogP contribution < -0.4 is 5.32 Å². The lowest BCUT2D eigenvalue weighted by Gasteiger charge is -2.26. The van der Waals surface area contributed by atoms with E-state index in [9.17, 15) is 4.79 Å². The molecule has 0 aliphatic carbocycles. The maximum absolute atomic E-state index is 11.5. The fourth-order valence-corrected chi connectivity index (χ4v) is 2.55. The SMILES string of the molecule is O=C(CCCSc1ccc(Cl)cc1)NC1COC1. The molecule has 0 unspecified atom stereocenters. The van der Waals surface area contributed by atoms with Gasteiger partial charge in [0.05, 0.1) is 19.3 Å². The van der Waals surface area contributed by atoms with Crippen molar-refractivity contribution < 1.29 is 9.53 Å². The van der Waals surface area contributed by atoms with Crippen LogP contribution in [0.4, 0.5) is 0 Å². The molecule has 0 atom stereocenters. The molecule has 1 aromatic carbocycles. The molecule has 1 heterocycles. The van der Waals surface area contributed by atoms with Gasteiger partial charge in [0.15, 0.2) is 0 Å². The van der Waals surface area contributed by atoms with Crippen LogP contribution >= 0.6 is 23.4 Å². The smallest absolute Gasteiger partial charge is 0.220 e. The zero-order chi connectivity index (χ0) is 12.8. The molecule has 1 aromatic rings. The summed E-state index contributed by atoms with van der Waals surface area (Å²) in [7, 11) is 0. The van der Waals surface area contributed by atoms with Crippen molar-refractivity contribution in [3.05, 3.63) is 29.3 Å². The van der Waals surface area contributed by atoms with Gasteiger partial charge in [-0.25, -0.2) is 0 Å². The number of nitrogens with one attached hydrogen (secondary N) is 1. The predicted octanol–water partition coefficient (Wildman–Crippen LogP) is 2.73. The van der Waals surface area contributed by atoms with Gasteiger partial charge in [-0.05, 0) is 36.4 Å². The van der Waals surface area contributed by atoms with Gasteiger partial charge in [-0.15, -0.1) is 11.8 Å². The van der Waals surface area contributed by atoms with Crippen LogP contribution in [0.3, 0.4) is 0 Å². The summed E-state index contributed by atoms with van der Waals surface area (Å²) in [5.41, 5.74) is 0. The zero-order valence-corrected chi connectivity index (χ0v) is 11.6. The van der Waals surface area contributed by atoms with Crippen molar-refractivity contribution in [2.45, 2.75) is 23.8 Å². The summed E-state index contributed by atoms with van der Waals surface area (Å²) >= 11 is 7.56. The Hall–Kier alpha value is -0.710. The van der Waals surface area contributed by atoms with Crippen LogP contribution in [0.1, 0.15) is 12.8 Å². The molecule has 5 heteroatoms. The van der Waals surface area contributed by atoms with Crippen molar-refractivity contribution in [2.24, 2.45) is 0 Å². The van der Waals surface area contributed by atoms with E-state index in [-0.39, 0.29) is 11.9 Å². The highest BCUT2D eigenvalue weighted by molar-refractivity contribution is 7.99. The summed E-state index contributed by atoms with van der Waals surface area (Å²) in [6.07, 6.45) is 1.46. The van der Waals surface area contributed by atoms with Gasteiger partial charge in [0.25, 0.3) is 0 Å². The monoisotopic (exact) mass is 285 g/mol. The molecular weight excluding hydrogens is 270 g/mol. The molecule has 0 spiro atoms. The van der Waals surface area contributed by atoms with Crippen LogP contribution in [0.25, 0.3) is 0 Å². The molecule has 0 saturated carbocycles. The normalized spacial score (nSPS) is 15.2. The first-order chi connectivity index (χ1) is 8.74. The number of hydrogen-bond donors (Lipinski definition) is 1. The van der Waals surface area contributed by atoms with E-state index >= 15 is 0 Å². The Bertz CT molecular complexity index is 392. The van der Waals surface area contributed by atoms with E-state index in [1.807, 2.05) is 24.3 Å². The molecule has 1 amide bonds. The lowest BCUT2D eigenvalue weighted by Crippen LogP contribution is -2.48. The molecule has 0 radical (unpaired) electrons. The quantitative estimate of drug-likeness (QED) is 0.645. The van der Waals surface area contributed by atoms with E-state index in [1.165, 1.54) is 4.90 Å². The van der Waals surface area contributed by atoms with Gasteiger partial charge >= 0.3 is 0 Å². The number of amides is 1. The Morgan fingerprint density at radius 3 is 2.72 bits per heavy atom. The summed E-state index contributed by atoms with van der Waals surface area (Å²) in [6, 6.07) is 8.00. The Labute approximate surface area is 116 Å². The number of hydrogen-bond acceptors (Lipinski definition) is 3. The van der Waals surface area contributed by atoms with Crippen molar-refractivity contribution >= 4 is 29.3 Å². The number of carbonyl (C=O) groups is 1. The first-order valence-electron chi connectivity index (χ1n) is 5.99. The molecular formula is C13H16ClNO2S. The van der Waals surface area contributed by atoms with Gasteiger partial charge in [-0.2, -0.15) is 0 Å². The van der Waals surface area contributed by atoms with E-state index in [1.54, 1.807) is 11.8 Å². The molecule has 1 aliphatic heterocycles. The van der Waals surface area contributed by atoms with Gasteiger partial charge in [0.1, 0.15) is 0 Å². The number of carbonyl (C=O) groups excluding carboxylic acids is 1. The summed E-state index contributed by atoms with van der Waals surface area (Å²) < 4.78 is 5.00. The lowest BCUT2D eigenvalue weighted by molar-refractivity contribution is -0.125. The number of halogens is 1. The van der Waals surface area contributed by atoms with E-state index in [2.05, 4.69) is 5.32 Å². The van der Waals surface area contributed by atoms with Crippen LogP contribution in [-0.4, -0.2) is 30.9 Å². The second-order valence-electron chi connectivity index (χ2n) is 4.21. The third-order valence-electron chi connectivity index (χ3n) is 2.63. The molecule has 18 heavy (non-hydrogen) atoms. The van der Waals surface area contributed by atoms with Crippen molar-refractivity contribution in [1.29, 1.82) is 0 Å². The molecule has 3 nitrogen and oxygen atoms in total. The second kappa shape index (κ2) is 7.02. The summed E-state index contributed by atoms with van der Waals surface area (Å²) in [5, 5.41) is 3.68. The topological polar surface area (TPSA) is 38.3 Å². The highest BCUT2D eigenvalue weighted by atomic mass is 35.5. The molecule has 1 fully saturated rings. The number of thioether (sulfide) groups is 1. The van der Waals surface area contributed by atoms with Crippen molar-refractivity contribution in [1.82, 2.24) is 5.32 Å². The molecule has 0 aromatic heterocycles. The molecule has 98 valence electrons. The van der Waals surface area contributed by atoms with Crippen LogP contribution in [-0.2, 0) is 9.53 Å². The fourth-order valence-electron chi connectivity index (χ4n) is 1.57. The average molecular weight is 286 g/mol. The van der Waals surface area contributed by atoms with E-state index in [4.69, 9.17) is 16.3 Å². The fraction of sp³-hybridized carbons (Fsp3) is 0.462. The summed E-state index contributed by atoms with van der Waals surface area (Å²) in [6.45, 7) is 1.32. The minimum Gasteiger partial charge on any atom is -0.377 e. The third kappa shape index (κ3) is 4.52. The van der Waals surface area contributed by atoms with Gasteiger partial charge in [-0.3, -0.25) is 4.79 Å². The largest absolute Gasteiger partial charge is 0.377 e. The molecule has 1 N–H and O–H groups in total. The number of benzene rings is 1. The van der Waals surface area contributed by atoms with Crippen molar-refractivity contribution in [3.8, 4) is 0 Å². The van der Waals surface area contributed by atoms with Crippen LogP contribution in [0.2, 0.25) is 5.02 Å². The second-order valence-corrected chi connectivity index (χ2v) is 5.81. The predicted molar refractivity (Wildman–Crippen MR) is 74.2 cm³/mol.